The molecule has 0 heterocycles. The molecule has 0 saturated carbocycles. The molecule has 0 aliphatic heterocycles. The first-order valence-corrected chi connectivity index (χ1v) is 6.49. The second-order valence-electron chi connectivity index (χ2n) is 4.84. The summed E-state index contributed by atoms with van der Waals surface area (Å²) >= 11 is 0. The molecule has 20 heavy (non-hydrogen) atoms. The van der Waals surface area contributed by atoms with Gasteiger partial charge in [0.15, 0.2) is 6.61 Å². The van der Waals surface area contributed by atoms with Gasteiger partial charge in [0, 0.05) is 18.3 Å². The zero-order valence-electron chi connectivity index (χ0n) is 11.8. The first kappa shape index (κ1) is 15.8. The number of anilines is 1. The van der Waals surface area contributed by atoms with Crippen LogP contribution in [0, 0.1) is 5.92 Å². The SMILES string of the molecule is CC(C)CNC(=O)CNC(=O)COc1cccc(N)c1. The fourth-order valence-corrected chi connectivity index (χ4v) is 1.36. The summed E-state index contributed by atoms with van der Waals surface area (Å²) < 4.78 is 5.26. The Kier molecular flexibility index (Phi) is 6.36. The lowest BCUT2D eigenvalue weighted by molar-refractivity contribution is -0.127. The molecule has 6 nitrogen and oxygen atoms in total. The molecule has 110 valence electrons. The second kappa shape index (κ2) is 8.04. The van der Waals surface area contributed by atoms with Crippen LogP contribution in [-0.2, 0) is 9.59 Å². The van der Waals surface area contributed by atoms with Crippen LogP contribution in [0.4, 0.5) is 5.69 Å². The predicted molar refractivity (Wildman–Crippen MR) is 77.2 cm³/mol. The molecule has 6 heteroatoms. The van der Waals surface area contributed by atoms with Crippen LogP contribution in [0.25, 0.3) is 0 Å². The van der Waals surface area contributed by atoms with Crippen LogP contribution in [0.3, 0.4) is 0 Å². The highest BCUT2D eigenvalue weighted by atomic mass is 16.5. The highest BCUT2D eigenvalue weighted by Crippen LogP contribution is 2.13. The van der Waals surface area contributed by atoms with Crippen LogP contribution in [-0.4, -0.2) is 31.5 Å². The Labute approximate surface area is 118 Å². The highest BCUT2D eigenvalue weighted by Gasteiger charge is 2.06. The monoisotopic (exact) mass is 279 g/mol. The molecule has 4 N–H and O–H groups in total. The van der Waals surface area contributed by atoms with Crippen LogP contribution >= 0.6 is 0 Å². The van der Waals surface area contributed by atoms with Crippen molar-refractivity contribution in [1.29, 1.82) is 0 Å². The number of ether oxygens (including phenoxy) is 1. The van der Waals surface area contributed by atoms with Crippen molar-refractivity contribution in [3.05, 3.63) is 24.3 Å². The van der Waals surface area contributed by atoms with E-state index in [2.05, 4.69) is 10.6 Å². The van der Waals surface area contributed by atoms with Crippen LogP contribution in [0.2, 0.25) is 0 Å². The van der Waals surface area contributed by atoms with Gasteiger partial charge in [-0.1, -0.05) is 19.9 Å². The smallest absolute Gasteiger partial charge is 0.258 e. The Balaban J connectivity index is 2.22. The number of amides is 2. The quantitative estimate of drug-likeness (QED) is 0.635. The molecule has 0 aliphatic carbocycles. The minimum atomic E-state index is -0.355. The van der Waals surface area contributed by atoms with Gasteiger partial charge in [-0.3, -0.25) is 9.59 Å². The Morgan fingerprint density at radius 2 is 2.00 bits per heavy atom. The number of carbonyl (C=O) groups is 2. The maximum atomic E-state index is 11.5. The summed E-state index contributed by atoms with van der Waals surface area (Å²) in [4.78, 5) is 22.9. The van der Waals surface area contributed by atoms with Crippen LogP contribution in [0.1, 0.15) is 13.8 Å². The third-order valence-electron chi connectivity index (χ3n) is 2.38. The maximum absolute atomic E-state index is 11.5. The number of nitrogens with one attached hydrogen (secondary N) is 2. The summed E-state index contributed by atoms with van der Waals surface area (Å²) in [7, 11) is 0. The molecule has 0 saturated heterocycles. The first-order valence-electron chi connectivity index (χ1n) is 6.49. The van der Waals surface area contributed by atoms with E-state index in [9.17, 15) is 9.59 Å². The lowest BCUT2D eigenvalue weighted by Gasteiger charge is -2.09. The standard InChI is InChI=1S/C14H21N3O3/c1-10(2)7-16-13(18)8-17-14(19)9-20-12-5-3-4-11(15)6-12/h3-6,10H,7-9,15H2,1-2H3,(H,16,18)(H,17,19). The average Bonchev–Trinajstić information content (AvgIpc) is 2.40. The highest BCUT2D eigenvalue weighted by molar-refractivity contribution is 5.85. The van der Waals surface area contributed by atoms with Crippen molar-refractivity contribution in [2.75, 3.05) is 25.4 Å². The Morgan fingerprint density at radius 1 is 1.25 bits per heavy atom. The number of rotatable bonds is 7. The van der Waals surface area contributed by atoms with Crippen LogP contribution in [0.15, 0.2) is 24.3 Å². The van der Waals surface area contributed by atoms with Gasteiger partial charge in [-0.05, 0) is 18.1 Å². The minimum Gasteiger partial charge on any atom is -0.484 e. The third-order valence-corrected chi connectivity index (χ3v) is 2.38. The molecule has 0 bridgehead atoms. The molecule has 1 aromatic rings. The van der Waals surface area contributed by atoms with E-state index in [4.69, 9.17) is 10.5 Å². The fraction of sp³-hybridized carbons (Fsp3) is 0.429. The zero-order valence-corrected chi connectivity index (χ0v) is 11.8. The Bertz CT molecular complexity index is 461. The number of carbonyl (C=O) groups excluding carboxylic acids is 2. The number of nitrogen functional groups attached to an aromatic ring is 1. The van der Waals surface area contributed by atoms with E-state index < -0.39 is 0 Å². The molecule has 0 atom stereocenters. The number of hydrogen-bond donors (Lipinski definition) is 3. The predicted octanol–water partition coefficient (Wildman–Crippen LogP) is 0.536. The van der Waals surface area contributed by atoms with Crippen LogP contribution < -0.4 is 21.1 Å². The summed E-state index contributed by atoms with van der Waals surface area (Å²) in [6.45, 7) is 4.39. The van der Waals surface area contributed by atoms with E-state index >= 15 is 0 Å². The van der Waals surface area contributed by atoms with Crippen molar-refractivity contribution in [1.82, 2.24) is 10.6 Å². The summed E-state index contributed by atoms with van der Waals surface area (Å²) in [6, 6.07) is 6.80. The van der Waals surface area contributed by atoms with Crippen LogP contribution in [0.5, 0.6) is 5.75 Å². The Hall–Kier alpha value is -2.24. The van der Waals surface area contributed by atoms with Crippen molar-refractivity contribution < 1.29 is 14.3 Å². The lowest BCUT2D eigenvalue weighted by Crippen LogP contribution is -2.39. The van der Waals surface area contributed by atoms with E-state index in [0.717, 1.165) is 0 Å². The number of hydrogen-bond acceptors (Lipinski definition) is 4. The van der Waals surface area contributed by atoms with Gasteiger partial charge in [0.05, 0.1) is 6.54 Å². The molecule has 0 radical (unpaired) electrons. The van der Waals surface area contributed by atoms with Gasteiger partial charge in [-0.25, -0.2) is 0 Å². The van der Waals surface area contributed by atoms with Crippen molar-refractivity contribution in [3.8, 4) is 5.75 Å². The molecule has 0 spiro atoms. The number of benzene rings is 1. The fourth-order valence-electron chi connectivity index (χ4n) is 1.36. The average molecular weight is 279 g/mol. The molecular formula is C14H21N3O3. The minimum absolute atomic E-state index is 0.0498. The molecule has 0 unspecified atom stereocenters. The van der Waals surface area contributed by atoms with Gasteiger partial charge >= 0.3 is 0 Å². The van der Waals surface area contributed by atoms with Crippen molar-refractivity contribution >= 4 is 17.5 Å². The van der Waals surface area contributed by atoms with E-state index in [1.807, 2.05) is 13.8 Å². The Morgan fingerprint density at radius 3 is 2.65 bits per heavy atom. The summed E-state index contributed by atoms with van der Waals surface area (Å²) in [6.07, 6.45) is 0. The van der Waals surface area contributed by atoms with E-state index in [-0.39, 0.29) is 25.0 Å². The lowest BCUT2D eigenvalue weighted by atomic mass is 10.2. The summed E-state index contributed by atoms with van der Waals surface area (Å²) in [5, 5.41) is 5.19. The molecular weight excluding hydrogens is 258 g/mol. The van der Waals surface area contributed by atoms with Gasteiger partial charge in [0.2, 0.25) is 5.91 Å². The van der Waals surface area contributed by atoms with E-state index in [1.165, 1.54) is 0 Å². The normalized spacial score (nSPS) is 10.2. The topological polar surface area (TPSA) is 93.5 Å². The third kappa shape index (κ3) is 6.63. The van der Waals surface area contributed by atoms with Gasteiger partial charge in [0.1, 0.15) is 5.75 Å². The summed E-state index contributed by atoms with van der Waals surface area (Å²) in [5.74, 6) is 0.328. The van der Waals surface area contributed by atoms with Gasteiger partial charge < -0.3 is 21.1 Å². The van der Waals surface area contributed by atoms with Gasteiger partial charge in [-0.15, -0.1) is 0 Å². The molecule has 0 aliphatic rings. The molecule has 0 aromatic heterocycles. The largest absolute Gasteiger partial charge is 0.484 e. The maximum Gasteiger partial charge on any atom is 0.258 e. The van der Waals surface area contributed by atoms with E-state index in [1.54, 1.807) is 24.3 Å². The van der Waals surface area contributed by atoms with Crippen molar-refractivity contribution in [2.24, 2.45) is 5.92 Å². The van der Waals surface area contributed by atoms with E-state index in [0.29, 0.717) is 23.9 Å². The molecule has 2 amide bonds. The second-order valence-corrected chi connectivity index (χ2v) is 4.84. The van der Waals surface area contributed by atoms with Crippen molar-refractivity contribution in [2.45, 2.75) is 13.8 Å². The summed E-state index contributed by atoms with van der Waals surface area (Å²) in [5.41, 5.74) is 6.15. The van der Waals surface area contributed by atoms with Gasteiger partial charge in [-0.2, -0.15) is 0 Å². The molecule has 0 fully saturated rings. The number of nitrogens with two attached hydrogens (primary N) is 1. The zero-order chi connectivity index (χ0) is 15.0. The van der Waals surface area contributed by atoms with Crippen molar-refractivity contribution in [3.63, 3.8) is 0 Å². The molecule has 1 rings (SSSR count). The van der Waals surface area contributed by atoms with Gasteiger partial charge in [0.25, 0.3) is 5.91 Å². The first-order chi connectivity index (χ1) is 9.47. The molecule has 1 aromatic carbocycles.